The van der Waals surface area contributed by atoms with Crippen molar-refractivity contribution in [2.75, 3.05) is 0 Å². The summed E-state index contributed by atoms with van der Waals surface area (Å²) in [5.74, 6) is 1.86. The van der Waals surface area contributed by atoms with Gasteiger partial charge in [0.05, 0.1) is 22.1 Å². The van der Waals surface area contributed by atoms with Gasteiger partial charge in [-0.3, -0.25) is 9.13 Å². The lowest BCUT2D eigenvalue weighted by Gasteiger charge is -2.17. The van der Waals surface area contributed by atoms with E-state index in [1.165, 1.54) is 44.2 Å². The summed E-state index contributed by atoms with van der Waals surface area (Å²) in [6.45, 7) is 0. The molecule has 0 fully saturated rings. The van der Waals surface area contributed by atoms with Crippen LogP contribution in [0.4, 0.5) is 0 Å². The molecule has 2 heterocycles. The predicted octanol–water partition coefficient (Wildman–Crippen LogP) is 14.1. The van der Waals surface area contributed by atoms with Gasteiger partial charge in [-0.1, -0.05) is 164 Å². The number of aromatic nitrogens is 4. The minimum atomic E-state index is 0.810. The van der Waals surface area contributed by atoms with E-state index in [0.717, 1.165) is 69.1 Å². The number of fused-ring (bicyclic) bond motifs is 5. The summed E-state index contributed by atoms with van der Waals surface area (Å²) in [7, 11) is 0. The average Bonchev–Trinajstić information content (AvgIpc) is 3.91. The van der Waals surface area contributed by atoms with E-state index in [1.807, 2.05) is 0 Å². The van der Waals surface area contributed by atoms with Crippen molar-refractivity contribution in [1.29, 1.82) is 0 Å². The lowest BCUT2D eigenvalue weighted by Crippen LogP contribution is -1.98. The second kappa shape index (κ2) is 15.2. The lowest BCUT2D eigenvalue weighted by atomic mass is 9.87. The van der Waals surface area contributed by atoms with Crippen molar-refractivity contribution in [3.8, 4) is 45.3 Å². The molecule has 0 bridgehead atoms. The number of rotatable bonds is 6. The molecule has 10 aromatic rings. The van der Waals surface area contributed by atoms with E-state index in [0.29, 0.717) is 0 Å². The highest BCUT2D eigenvalue weighted by atomic mass is 15.1. The molecule has 0 N–H and O–H groups in total. The van der Waals surface area contributed by atoms with E-state index in [2.05, 4.69) is 228 Å². The molecule has 0 unspecified atom stereocenters. The van der Waals surface area contributed by atoms with Crippen LogP contribution in [0.2, 0.25) is 0 Å². The Bertz CT molecular complexity index is 3270. The molecular weight excluding hydrogens is 729 g/mol. The second-order valence-corrected chi connectivity index (χ2v) is 15.3. The monoisotopic (exact) mass is 768 g/mol. The van der Waals surface area contributed by atoms with Gasteiger partial charge in [0.15, 0.2) is 0 Å². The number of nitrogens with zero attached hydrogens (tertiary/aromatic N) is 4. The van der Waals surface area contributed by atoms with Crippen LogP contribution in [0.5, 0.6) is 0 Å². The van der Waals surface area contributed by atoms with Crippen LogP contribution in [0.15, 0.2) is 212 Å². The Morgan fingerprint density at radius 3 is 1.45 bits per heavy atom. The molecule has 0 saturated heterocycles. The molecule has 284 valence electrons. The van der Waals surface area contributed by atoms with E-state index in [4.69, 9.17) is 9.97 Å². The minimum absolute atomic E-state index is 0.810. The SMILES string of the molecule is C1=CC/C(c2ccc(-c3nc4ccccc4n3-c3ccccc3)cc2)=C\c2cc(-c3ccc(-c4nc5ccccc5n4-c4ccccc4)cc3)c3ccccc3c2CC=C1. The highest BCUT2D eigenvalue weighted by molar-refractivity contribution is 6.02. The highest BCUT2D eigenvalue weighted by Crippen LogP contribution is 2.38. The van der Waals surface area contributed by atoms with Crippen molar-refractivity contribution >= 4 is 44.5 Å². The standard InChI is InChI=1S/C56H40N4/c1-2-10-22-47-44(37-43(17-5-1)39-29-33-41(34-30-39)55-57-51-25-13-15-27-53(51)59(55)45-18-6-3-7-19-45)38-50(49-24-12-11-23-48(47)49)40-31-35-42(36-32-40)56-58-52-26-14-16-28-54(52)60(56)46-20-8-4-9-21-46/h1-16,18-21,23-38H,17,22H2/b5-1?,10-2?,43-37+. The smallest absolute Gasteiger partial charge is 0.145 e. The second-order valence-electron chi connectivity index (χ2n) is 15.3. The largest absolute Gasteiger partial charge is 0.292 e. The van der Waals surface area contributed by atoms with Gasteiger partial charge in [-0.15, -0.1) is 0 Å². The fourth-order valence-electron chi connectivity index (χ4n) is 8.79. The van der Waals surface area contributed by atoms with Gasteiger partial charge in [0.2, 0.25) is 0 Å². The van der Waals surface area contributed by atoms with Gasteiger partial charge in [-0.2, -0.15) is 0 Å². The van der Waals surface area contributed by atoms with Crippen molar-refractivity contribution in [2.45, 2.75) is 12.8 Å². The van der Waals surface area contributed by atoms with Crippen LogP contribution in [0.1, 0.15) is 23.1 Å². The van der Waals surface area contributed by atoms with Crippen LogP contribution < -0.4 is 0 Å². The maximum absolute atomic E-state index is 5.13. The summed E-state index contributed by atoms with van der Waals surface area (Å²) in [6, 6.07) is 66.9. The summed E-state index contributed by atoms with van der Waals surface area (Å²) >= 11 is 0. The third-order valence-electron chi connectivity index (χ3n) is 11.7. The zero-order valence-corrected chi connectivity index (χ0v) is 33.0. The molecule has 0 spiro atoms. The number of allylic oxidation sites excluding steroid dienone is 5. The van der Waals surface area contributed by atoms with E-state index in [9.17, 15) is 0 Å². The van der Waals surface area contributed by atoms with Gasteiger partial charge in [0, 0.05) is 22.5 Å². The molecule has 8 aromatic carbocycles. The van der Waals surface area contributed by atoms with Gasteiger partial charge in [0.1, 0.15) is 11.6 Å². The van der Waals surface area contributed by atoms with Crippen molar-refractivity contribution in [3.05, 3.63) is 229 Å². The molecule has 60 heavy (non-hydrogen) atoms. The molecule has 0 radical (unpaired) electrons. The first-order chi connectivity index (χ1) is 29.8. The Hall–Kier alpha value is -7.82. The lowest BCUT2D eigenvalue weighted by molar-refractivity contribution is 1.10. The molecule has 11 rings (SSSR count). The van der Waals surface area contributed by atoms with Gasteiger partial charge in [-0.25, -0.2) is 9.97 Å². The van der Waals surface area contributed by atoms with Crippen LogP contribution in [0.3, 0.4) is 0 Å². The van der Waals surface area contributed by atoms with Gasteiger partial charge < -0.3 is 0 Å². The number of benzene rings is 8. The first-order valence-electron chi connectivity index (χ1n) is 20.6. The number of imidazole rings is 2. The first kappa shape index (κ1) is 35.4. The normalized spacial score (nSPS) is 13.7. The van der Waals surface area contributed by atoms with Gasteiger partial charge >= 0.3 is 0 Å². The molecule has 0 atom stereocenters. The highest BCUT2D eigenvalue weighted by Gasteiger charge is 2.18. The zero-order chi connectivity index (χ0) is 39.8. The first-order valence-corrected chi connectivity index (χ1v) is 20.6. The summed E-state index contributed by atoms with van der Waals surface area (Å²) in [6.07, 6.45) is 13.0. The third kappa shape index (κ3) is 6.36. The van der Waals surface area contributed by atoms with Crippen LogP contribution in [0, 0.1) is 0 Å². The Labute approximate surface area is 349 Å². The van der Waals surface area contributed by atoms with Crippen molar-refractivity contribution in [1.82, 2.24) is 19.1 Å². The van der Waals surface area contributed by atoms with E-state index < -0.39 is 0 Å². The van der Waals surface area contributed by atoms with E-state index in [-0.39, 0.29) is 0 Å². The molecule has 0 aliphatic heterocycles. The Morgan fingerprint density at radius 1 is 0.400 bits per heavy atom. The summed E-state index contributed by atoms with van der Waals surface area (Å²) < 4.78 is 4.52. The van der Waals surface area contributed by atoms with Crippen LogP contribution in [-0.4, -0.2) is 19.1 Å². The molecule has 0 saturated carbocycles. The van der Waals surface area contributed by atoms with Crippen molar-refractivity contribution in [3.63, 3.8) is 0 Å². The molecule has 4 nitrogen and oxygen atoms in total. The number of para-hydroxylation sites is 6. The maximum Gasteiger partial charge on any atom is 0.145 e. The van der Waals surface area contributed by atoms with E-state index >= 15 is 0 Å². The van der Waals surface area contributed by atoms with Gasteiger partial charge in [0.25, 0.3) is 0 Å². The molecule has 4 heteroatoms. The summed E-state index contributed by atoms with van der Waals surface area (Å²) in [5.41, 5.74) is 15.9. The van der Waals surface area contributed by atoms with Gasteiger partial charge in [-0.05, 0) is 112 Å². The Balaban J connectivity index is 1.01. The Morgan fingerprint density at radius 2 is 0.867 bits per heavy atom. The fourth-order valence-corrected chi connectivity index (χ4v) is 8.79. The van der Waals surface area contributed by atoms with Crippen molar-refractivity contribution in [2.24, 2.45) is 0 Å². The molecule has 1 aliphatic rings. The average molecular weight is 769 g/mol. The third-order valence-corrected chi connectivity index (χ3v) is 11.7. The Kier molecular flexibility index (Phi) is 8.94. The molecule has 0 amide bonds. The summed E-state index contributed by atoms with van der Waals surface area (Å²) in [5, 5.41) is 2.53. The topological polar surface area (TPSA) is 35.6 Å². The molecule has 2 aromatic heterocycles. The zero-order valence-electron chi connectivity index (χ0n) is 33.0. The predicted molar refractivity (Wildman–Crippen MR) is 250 cm³/mol. The van der Waals surface area contributed by atoms with Crippen LogP contribution >= 0.6 is 0 Å². The quantitative estimate of drug-likeness (QED) is 0.169. The molecular formula is C56H40N4. The van der Waals surface area contributed by atoms with E-state index in [1.54, 1.807) is 0 Å². The minimum Gasteiger partial charge on any atom is -0.292 e. The number of hydrogen-bond acceptors (Lipinski definition) is 2. The van der Waals surface area contributed by atoms with Crippen LogP contribution in [-0.2, 0) is 6.42 Å². The molecule has 1 aliphatic carbocycles. The number of hydrogen-bond donors (Lipinski definition) is 0. The van der Waals surface area contributed by atoms with Crippen LogP contribution in [0.25, 0.3) is 89.8 Å². The fraction of sp³-hybridized carbons (Fsp3) is 0.0357. The summed E-state index contributed by atoms with van der Waals surface area (Å²) in [4.78, 5) is 10.3. The van der Waals surface area contributed by atoms with Crippen molar-refractivity contribution < 1.29 is 0 Å². The maximum atomic E-state index is 5.13.